The number of aliphatic hydroxyl groups is 9. The number of hydrogen-bond donors (Lipinski definition) is 12. The number of nitrogens with two attached hydrogens (primary N) is 1. The van der Waals surface area contributed by atoms with E-state index in [4.69, 9.17) is 38.9 Å². The second-order valence-electron chi connectivity index (χ2n) is 15.7. The highest BCUT2D eigenvalue weighted by molar-refractivity contribution is 6.00. The van der Waals surface area contributed by atoms with Gasteiger partial charge in [-0.15, -0.1) is 0 Å². The van der Waals surface area contributed by atoms with Gasteiger partial charge in [0.2, 0.25) is 0 Å². The van der Waals surface area contributed by atoms with Gasteiger partial charge in [-0.1, -0.05) is 32.0 Å². The summed E-state index contributed by atoms with van der Waals surface area (Å²) in [5, 5.41) is 120. The first kappa shape index (κ1) is 49.8. The Morgan fingerprint density at radius 3 is 1.92 bits per heavy atom. The fraction of sp³-hybridized carbons (Fsp3) is 0.641. The standard InChI is InChI=1S/C39H55N3O21/c1-16(2)11-20(41-35(53)18-5-3-4-6-19(18)40)36(54)61-34-27(48)26(47)23(13-43)58-39(34)63-33-25(15-45)60-38(31(52)29(33)50)62-32-24(14-44)59-37(30(51)28(32)49)57-10-9-17-7-8-22(46)21(12-17)42(55)56/h3-8,12,16,20,23-34,37-39,43-52H,9-11,13-15,40H2,1-2H3,(H,41,53)/t20-,23+,24+,25+,26+,27-,28+,29+,30+,31+,32+,33+,34+,37+,38+,39+/m0/s1. The molecule has 2 aromatic rings. The quantitative estimate of drug-likeness (QED) is 0.0296. The van der Waals surface area contributed by atoms with Crippen molar-refractivity contribution >= 4 is 23.3 Å². The van der Waals surface area contributed by atoms with Gasteiger partial charge in [-0.3, -0.25) is 14.9 Å². The number of nitro benzene ring substituents is 1. The van der Waals surface area contributed by atoms with Crippen LogP contribution >= 0.6 is 0 Å². The Balaban J connectivity index is 1.26. The number of nitrogens with one attached hydrogen (secondary N) is 1. The highest BCUT2D eigenvalue weighted by Crippen LogP contribution is 2.34. The summed E-state index contributed by atoms with van der Waals surface area (Å²) in [6.45, 7) is 0.615. The number of nitrogens with zero attached hydrogens (tertiary/aromatic N) is 1. The lowest BCUT2D eigenvalue weighted by molar-refractivity contribution is -0.385. The van der Waals surface area contributed by atoms with Crippen LogP contribution in [0, 0.1) is 16.0 Å². The molecule has 3 fully saturated rings. The molecule has 3 aliphatic rings. The number of phenols is 1. The summed E-state index contributed by atoms with van der Waals surface area (Å²) in [4.78, 5) is 37.2. The average Bonchev–Trinajstić information content (AvgIpc) is 3.25. The number of nitro groups is 1. The van der Waals surface area contributed by atoms with Gasteiger partial charge in [0.25, 0.3) is 5.91 Å². The Bertz CT molecular complexity index is 1840. The average molecular weight is 902 g/mol. The maximum absolute atomic E-state index is 13.7. The van der Waals surface area contributed by atoms with Gasteiger partial charge in [0.05, 0.1) is 36.9 Å². The third kappa shape index (κ3) is 11.7. The zero-order valence-corrected chi connectivity index (χ0v) is 34.1. The number of phenolic OH excluding ortho intramolecular Hbond substituents is 1. The van der Waals surface area contributed by atoms with Crippen LogP contribution in [0.2, 0.25) is 0 Å². The van der Waals surface area contributed by atoms with Gasteiger partial charge in [0.15, 0.2) is 30.7 Å². The van der Waals surface area contributed by atoms with Crippen LogP contribution in [0.4, 0.5) is 11.4 Å². The topological polar surface area (TPSA) is 382 Å². The molecule has 3 aliphatic heterocycles. The second kappa shape index (κ2) is 22.1. The van der Waals surface area contributed by atoms with E-state index in [0.29, 0.717) is 5.56 Å². The molecule has 24 heteroatoms. The van der Waals surface area contributed by atoms with Crippen molar-refractivity contribution < 1.29 is 98.7 Å². The Kier molecular flexibility index (Phi) is 17.5. The first-order valence-corrected chi connectivity index (χ1v) is 20.0. The van der Waals surface area contributed by atoms with E-state index in [2.05, 4.69) is 5.32 Å². The number of benzene rings is 2. The monoisotopic (exact) mass is 901 g/mol. The number of para-hydroxylation sites is 1. The summed E-state index contributed by atoms with van der Waals surface area (Å²) in [7, 11) is 0. The van der Waals surface area contributed by atoms with E-state index in [9.17, 15) is 70.8 Å². The van der Waals surface area contributed by atoms with Crippen molar-refractivity contribution in [1.29, 1.82) is 0 Å². The van der Waals surface area contributed by atoms with Crippen LogP contribution < -0.4 is 11.1 Å². The fourth-order valence-corrected chi connectivity index (χ4v) is 7.30. The van der Waals surface area contributed by atoms with Crippen LogP contribution in [-0.2, 0) is 44.4 Å². The van der Waals surface area contributed by atoms with Crippen molar-refractivity contribution in [2.75, 3.05) is 32.2 Å². The second-order valence-corrected chi connectivity index (χ2v) is 15.7. The molecule has 2 aromatic carbocycles. The minimum absolute atomic E-state index is 0.0295. The molecule has 0 aromatic heterocycles. The third-order valence-corrected chi connectivity index (χ3v) is 10.7. The minimum Gasteiger partial charge on any atom is -0.502 e. The van der Waals surface area contributed by atoms with Crippen molar-refractivity contribution in [1.82, 2.24) is 5.32 Å². The lowest BCUT2D eigenvalue weighted by Gasteiger charge is -2.48. The van der Waals surface area contributed by atoms with Crippen LogP contribution in [-0.4, -0.2) is 192 Å². The number of ether oxygens (including phenoxy) is 7. The lowest BCUT2D eigenvalue weighted by Crippen LogP contribution is -2.67. The first-order valence-electron chi connectivity index (χ1n) is 20.0. The van der Waals surface area contributed by atoms with Gasteiger partial charge in [-0.05, 0) is 42.5 Å². The van der Waals surface area contributed by atoms with E-state index >= 15 is 0 Å². The predicted molar refractivity (Wildman–Crippen MR) is 209 cm³/mol. The molecule has 0 radical (unpaired) electrons. The minimum atomic E-state index is -2.09. The molecule has 24 nitrogen and oxygen atoms in total. The molecule has 13 N–H and O–H groups in total. The van der Waals surface area contributed by atoms with Gasteiger partial charge in [-0.25, -0.2) is 4.79 Å². The van der Waals surface area contributed by atoms with Crippen molar-refractivity contribution in [3.05, 3.63) is 63.7 Å². The van der Waals surface area contributed by atoms with E-state index in [-0.39, 0.29) is 36.6 Å². The Hall–Kier alpha value is -4.22. The summed E-state index contributed by atoms with van der Waals surface area (Å²) in [5.41, 5.74) is 5.97. The summed E-state index contributed by atoms with van der Waals surface area (Å²) >= 11 is 0. The van der Waals surface area contributed by atoms with E-state index in [1.807, 2.05) is 0 Å². The van der Waals surface area contributed by atoms with Crippen molar-refractivity contribution in [3.63, 3.8) is 0 Å². The normalized spacial score (nSPS) is 34.0. The molecule has 0 spiro atoms. The molecular weight excluding hydrogens is 846 g/mol. The largest absolute Gasteiger partial charge is 0.502 e. The molecular formula is C39H55N3O21. The highest BCUT2D eigenvalue weighted by atomic mass is 16.8. The molecule has 16 atom stereocenters. The number of anilines is 1. The van der Waals surface area contributed by atoms with E-state index < -0.39 is 146 Å². The maximum Gasteiger partial charge on any atom is 0.329 e. The zero-order valence-electron chi connectivity index (χ0n) is 34.1. The van der Waals surface area contributed by atoms with Gasteiger partial charge in [-0.2, -0.15) is 0 Å². The van der Waals surface area contributed by atoms with Gasteiger partial charge < -0.3 is 95.3 Å². The number of carbonyl (C=O) groups is 2. The Morgan fingerprint density at radius 1 is 0.778 bits per heavy atom. The lowest BCUT2D eigenvalue weighted by atomic mass is 9.96. The SMILES string of the molecule is CC(C)C[C@H](NC(=O)c1ccccc1N)C(=O)O[C@H]1[C@@H](O[C@H]2[C@H](O)[C@@H](O)[C@@H](O[C@H]3[C@H](O)[C@@H](O)[C@H](OCCc4ccc(O)c([N+](=O)[O-])c4)O[C@@H]3CO)O[C@@H]2CO)O[C@H](CO)[C@@H](O)[C@@H]1O. The first-order chi connectivity index (χ1) is 29.9. The maximum atomic E-state index is 13.7. The molecule has 1 amide bonds. The van der Waals surface area contributed by atoms with Crippen LogP contribution in [0.5, 0.6) is 5.75 Å². The van der Waals surface area contributed by atoms with Crippen LogP contribution in [0.15, 0.2) is 42.5 Å². The van der Waals surface area contributed by atoms with Gasteiger partial charge in [0, 0.05) is 11.8 Å². The summed E-state index contributed by atoms with van der Waals surface area (Å²) in [6, 6.07) is 8.40. The Morgan fingerprint density at radius 2 is 1.33 bits per heavy atom. The van der Waals surface area contributed by atoms with Gasteiger partial charge >= 0.3 is 11.7 Å². The van der Waals surface area contributed by atoms with Crippen molar-refractivity contribution in [2.45, 2.75) is 125 Å². The molecule has 352 valence electrons. The molecule has 0 aliphatic carbocycles. The number of amides is 1. The number of aromatic hydroxyl groups is 1. The van der Waals surface area contributed by atoms with Gasteiger partial charge in [0.1, 0.15) is 73.2 Å². The van der Waals surface area contributed by atoms with E-state index in [1.54, 1.807) is 26.0 Å². The zero-order chi connectivity index (χ0) is 46.3. The fourth-order valence-electron chi connectivity index (χ4n) is 7.30. The molecule has 3 saturated heterocycles. The summed E-state index contributed by atoms with van der Waals surface area (Å²) in [6.07, 6.45) is -27.1. The summed E-state index contributed by atoms with van der Waals surface area (Å²) < 4.78 is 39.7. The molecule has 0 bridgehead atoms. The molecule has 0 saturated carbocycles. The van der Waals surface area contributed by atoms with Crippen LogP contribution in [0.25, 0.3) is 0 Å². The van der Waals surface area contributed by atoms with Crippen LogP contribution in [0.1, 0.15) is 36.2 Å². The Labute approximate surface area is 359 Å². The number of rotatable bonds is 18. The highest BCUT2D eigenvalue weighted by Gasteiger charge is 2.54. The smallest absolute Gasteiger partial charge is 0.329 e. The number of esters is 1. The van der Waals surface area contributed by atoms with E-state index in [1.165, 1.54) is 18.2 Å². The van der Waals surface area contributed by atoms with Crippen molar-refractivity contribution in [2.24, 2.45) is 5.92 Å². The number of carbonyl (C=O) groups excluding carboxylic acids is 2. The molecule has 5 rings (SSSR count). The number of nitrogen functional groups attached to an aromatic ring is 1. The number of aliphatic hydroxyl groups excluding tert-OH is 9. The molecule has 63 heavy (non-hydrogen) atoms. The van der Waals surface area contributed by atoms with Crippen LogP contribution in [0.3, 0.4) is 0 Å². The van der Waals surface area contributed by atoms with Crippen molar-refractivity contribution in [3.8, 4) is 5.75 Å². The predicted octanol–water partition coefficient (Wildman–Crippen LogP) is -3.71. The third-order valence-electron chi connectivity index (χ3n) is 10.7. The summed E-state index contributed by atoms with van der Waals surface area (Å²) in [5.74, 6) is -2.57. The van der Waals surface area contributed by atoms with E-state index in [0.717, 1.165) is 12.1 Å². The molecule has 3 heterocycles. The molecule has 0 unspecified atom stereocenters. The number of hydrogen-bond acceptors (Lipinski definition) is 22.